The van der Waals surface area contributed by atoms with Crippen LogP contribution < -0.4 is 5.32 Å². The number of ether oxygens (including phenoxy) is 1. The third-order valence-electron chi connectivity index (χ3n) is 3.94. The molecule has 8 nitrogen and oxygen atoms in total. The molecule has 2 rings (SSSR count). The third-order valence-corrected chi connectivity index (χ3v) is 4.49. The molecule has 1 fully saturated rings. The van der Waals surface area contributed by atoms with Gasteiger partial charge in [0.1, 0.15) is 0 Å². The molecule has 0 aromatic carbocycles. The van der Waals surface area contributed by atoms with E-state index in [0.717, 1.165) is 21.9 Å². The Kier molecular flexibility index (Phi) is 6.35. The number of amides is 3. The van der Waals surface area contributed by atoms with Crippen LogP contribution in [0.1, 0.15) is 30.3 Å². The first-order valence-corrected chi connectivity index (χ1v) is 9.22. The van der Waals surface area contributed by atoms with Crippen LogP contribution in [0.2, 0.25) is 0 Å². The lowest BCUT2D eigenvalue weighted by molar-refractivity contribution is -0.157. The van der Waals surface area contributed by atoms with Crippen molar-refractivity contribution in [2.24, 2.45) is 0 Å². The molecule has 1 atom stereocenters. The lowest BCUT2D eigenvalue weighted by Gasteiger charge is -2.18. The number of hydrogen-bond donors (Lipinski definition) is 1. The molecule has 1 aromatic heterocycles. The van der Waals surface area contributed by atoms with E-state index in [4.69, 9.17) is 4.74 Å². The molecule has 0 radical (unpaired) electrons. The quantitative estimate of drug-likeness (QED) is 0.459. The van der Waals surface area contributed by atoms with Crippen molar-refractivity contribution < 1.29 is 19.1 Å². The number of aryl methyl sites for hydroxylation is 2. The lowest BCUT2D eigenvalue weighted by atomic mass is 10.1. The number of aromatic nitrogens is 2. The van der Waals surface area contributed by atoms with Gasteiger partial charge in [0.15, 0.2) is 11.3 Å². The van der Waals surface area contributed by atoms with Gasteiger partial charge in [-0.25, -0.2) is 14.8 Å². The minimum absolute atomic E-state index is 0.119. The number of carbonyl (C=O) groups is 3. The van der Waals surface area contributed by atoms with Gasteiger partial charge in [0.05, 0.1) is 0 Å². The number of thioether (sulfide) groups is 1. The summed E-state index contributed by atoms with van der Waals surface area (Å²) in [6.07, 6.45) is 1.47. The summed E-state index contributed by atoms with van der Waals surface area (Å²) in [4.78, 5) is 45.4. The number of imide groups is 1. The summed E-state index contributed by atoms with van der Waals surface area (Å²) < 4.78 is 5.16. The molecule has 0 spiro atoms. The fraction of sp³-hybridized carbons (Fsp3) is 0.562. The second kappa shape index (κ2) is 8.28. The van der Waals surface area contributed by atoms with Crippen molar-refractivity contribution in [1.29, 1.82) is 0 Å². The Morgan fingerprint density at radius 2 is 1.96 bits per heavy atom. The molecule has 1 aliphatic heterocycles. The van der Waals surface area contributed by atoms with E-state index in [1.165, 1.54) is 18.7 Å². The van der Waals surface area contributed by atoms with E-state index in [-0.39, 0.29) is 13.0 Å². The molecule has 9 heteroatoms. The van der Waals surface area contributed by atoms with Crippen molar-refractivity contribution in [3.8, 4) is 0 Å². The van der Waals surface area contributed by atoms with E-state index >= 15 is 0 Å². The van der Waals surface area contributed by atoms with Gasteiger partial charge in [-0.15, -0.1) is 0 Å². The molecule has 0 saturated carbocycles. The zero-order valence-corrected chi connectivity index (χ0v) is 15.6. The number of carbonyl (C=O) groups excluding carboxylic acids is 3. The summed E-state index contributed by atoms with van der Waals surface area (Å²) in [5.74, 6) is -1.00. The van der Waals surface area contributed by atoms with E-state index < -0.39 is 24.0 Å². The van der Waals surface area contributed by atoms with E-state index in [0.29, 0.717) is 18.1 Å². The lowest BCUT2D eigenvalue weighted by Crippen LogP contribution is -2.41. The Bertz CT molecular complexity index is 672. The summed E-state index contributed by atoms with van der Waals surface area (Å²) in [6.45, 7) is 5.94. The van der Waals surface area contributed by atoms with E-state index in [9.17, 15) is 14.4 Å². The van der Waals surface area contributed by atoms with Crippen LogP contribution in [-0.4, -0.2) is 58.2 Å². The molecule has 25 heavy (non-hydrogen) atoms. The highest BCUT2D eigenvalue weighted by Crippen LogP contribution is 2.17. The molecular weight excluding hydrogens is 344 g/mol. The van der Waals surface area contributed by atoms with Gasteiger partial charge in [0.2, 0.25) is 0 Å². The summed E-state index contributed by atoms with van der Waals surface area (Å²) in [5, 5.41) is 3.24. The Balaban J connectivity index is 1.90. The average Bonchev–Trinajstić information content (AvgIpc) is 2.98. The van der Waals surface area contributed by atoms with E-state index in [2.05, 4.69) is 15.3 Å². The number of esters is 1. The van der Waals surface area contributed by atoms with E-state index in [1.807, 2.05) is 20.1 Å². The molecule has 0 aliphatic carbocycles. The second-order valence-electron chi connectivity index (χ2n) is 5.71. The van der Waals surface area contributed by atoms with Crippen LogP contribution in [-0.2, 0) is 20.7 Å². The fourth-order valence-electron chi connectivity index (χ4n) is 2.60. The van der Waals surface area contributed by atoms with Gasteiger partial charge >= 0.3 is 12.0 Å². The highest BCUT2D eigenvalue weighted by molar-refractivity contribution is 7.98. The van der Waals surface area contributed by atoms with Crippen LogP contribution in [0.25, 0.3) is 0 Å². The number of urea groups is 1. The van der Waals surface area contributed by atoms with Crippen molar-refractivity contribution in [2.75, 3.05) is 19.3 Å². The topological polar surface area (TPSA) is 101 Å². The first kappa shape index (κ1) is 19.2. The number of hydrogen-bond acceptors (Lipinski definition) is 7. The van der Waals surface area contributed by atoms with Gasteiger partial charge in [0.25, 0.3) is 5.91 Å². The SMILES string of the molecule is CSc1nc(C)c(CCC(=O)O[C@H](C)C(=O)N2CCNC2=O)c(C)n1. The summed E-state index contributed by atoms with van der Waals surface area (Å²) in [7, 11) is 0. The summed E-state index contributed by atoms with van der Waals surface area (Å²) in [6, 6.07) is -0.454. The van der Waals surface area contributed by atoms with Crippen LogP contribution in [0, 0.1) is 13.8 Å². The predicted molar refractivity (Wildman–Crippen MR) is 92.3 cm³/mol. The molecular formula is C16H22N4O4S. The highest BCUT2D eigenvalue weighted by atomic mass is 32.2. The Labute approximate surface area is 150 Å². The molecule has 1 aliphatic rings. The van der Waals surface area contributed by atoms with Crippen molar-refractivity contribution in [3.63, 3.8) is 0 Å². The van der Waals surface area contributed by atoms with Gasteiger partial charge in [-0.2, -0.15) is 0 Å². The molecule has 0 unspecified atom stereocenters. The van der Waals surface area contributed by atoms with Gasteiger partial charge in [-0.1, -0.05) is 11.8 Å². The van der Waals surface area contributed by atoms with E-state index in [1.54, 1.807) is 0 Å². The Morgan fingerprint density at radius 3 is 2.48 bits per heavy atom. The third kappa shape index (κ3) is 4.68. The van der Waals surface area contributed by atoms with Gasteiger partial charge in [-0.3, -0.25) is 14.5 Å². The minimum Gasteiger partial charge on any atom is -0.453 e. The zero-order chi connectivity index (χ0) is 18.6. The predicted octanol–water partition coefficient (Wildman–Crippen LogP) is 1.23. The molecule has 1 N–H and O–H groups in total. The fourth-order valence-corrected chi connectivity index (χ4v) is 3.05. The normalized spacial score (nSPS) is 15.0. The molecule has 3 amide bonds. The van der Waals surface area contributed by atoms with Gasteiger partial charge < -0.3 is 10.1 Å². The maximum absolute atomic E-state index is 12.1. The van der Waals surface area contributed by atoms with Crippen LogP contribution in [0.15, 0.2) is 5.16 Å². The number of nitrogens with zero attached hydrogens (tertiary/aromatic N) is 3. The maximum atomic E-state index is 12.1. The average molecular weight is 366 g/mol. The Morgan fingerprint density at radius 1 is 1.32 bits per heavy atom. The minimum atomic E-state index is -0.992. The van der Waals surface area contributed by atoms with Crippen LogP contribution in [0.4, 0.5) is 4.79 Å². The summed E-state index contributed by atoms with van der Waals surface area (Å²) >= 11 is 1.47. The highest BCUT2D eigenvalue weighted by Gasteiger charge is 2.31. The molecule has 1 aromatic rings. The maximum Gasteiger partial charge on any atom is 0.324 e. The van der Waals surface area contributed by atoms with Crippen molar-refractivity contribution in [3.05, 3.63) is 17.0 Å². The molecule has 1 saturated heterocycles. The standard InChI is InChI=1S/C16H22N4O4S/c1-9-12(10(2)19-15(18-9)25-4)5-6-13(21)24-11(3)14(22)20-8-7-17-16(20)23/h11H,5-8H2,1-4H3,(H,17,23)/t11-/m1/s1. The Hall–Kier alpha value is -2.16. The largest absolute Gasteiger partial charge is 0.453 e. The molecule has 0 bridgehead atoms. The second-order valence-corrected chi connectivity index (χ2v) is 6.49. The molecule has 2 heterocycles. The summed E-state index contributed by atoms with van der Waals surface area (Å²) in [5.41, 5.74) is 2.58. The molecule has 136 valence electrons. The number of rotatable bonds is 6. The van der Waals surface area contributed by atoms with Crippen molar-refractivity contribution >= 4 is 29.7 Å². The van der Waals surface area contributed by atoms with Crippen molar-refractivity contribution in [2.45, 2.75) is 44.9 Å². The zero-order valence-electron chi connectivity index (χ0n) is 14.8. The first-order chi connectivity index (χ1) is 11.8. The smallest absolute Gasteiger partial charge is 0.324 e. The van der Waals surface area contributed by atoms with Gasteiger partial charge in [-0.05, 0) is 39.0 Å². The van der Waals surface area contributed by atoms with Gasteiger partial charge in [0, 0.05) is 30.9 Å². The first-order valence-electron chi connectivity index (χ1n) is 8.00. The monoisotopic (exact) mass is 366 g/mol. The van der Waals surface area contributed by atoms with Crippen LogP contribution in [0.5, 0.6) is 0 Å². The van der Waals surface area contributed by atoms with Crippen molar-refractivity contribution in [1.82, 2.24) is 20.2 Å². The van der Waals surface area contributed by atoms with Crippen LogP contribution in [0.3, 0.4) is 0 Å². The van der Waals surface area contributed by atoms with Crippen LogP contribution >= 0.6 is 11.8 Å². The number of nitrogens with one attached hydrogen (secondary N) is 1.